The molecule has 0 atom stereocenters. The molecule has 6 nitrogen and oxygen atoms in total. The molecule has 1 aliphatic rings. The molecule has 0 spiro atoms. The fraction of sp³-hybridized carbons (Fsp3) is 0.250. The van der Waals surface area contributed by atoms with E-state index in [-0.39, 0.29) is 17.2 Å². The number of rotatable bonds is 3. The summed E-state index contributed by atoms with van der Waals surface area (Å²) in [5.41, 5.74) is 1.19. The highest BCUT2D eigenvalue weighted by atomic mass is 19.4. The quantitative estimate of drug-likeness (QED) is 0.789. The van der Waals surface area contributed by atoms with E-state index in [1.165, 1.54) is 4.57 Å². The number of aromatic nitrogens is 4. The number of fused-ring (bicyclic) bond motifs is 1. The normalized spacial score (nSPS) is 14.5. The van der Waals surface area contributed by atoms with Crippen molar-refractivity contribution in [1.82, 2.24) is 19.5 Å². The second kappa shape index (κ2) is 5.44. The number of benzene rings is 1. The molecule has 3 aromatic rings. The van der Waals surface area contributed by atoms with E-state index in [1.54, 1.807) is 24.3 Å². The maximum atomic E-state index is 13.0. The van der Waals surface area contributed by atoms with Crippen molar-refractivity contribution < 1.29 is 13.2 Å². The van der Waals surface area contributed by atoms with Gasteiger partial charge in [0.15, 0.2) is 5.65 Å². The number of nitrogens with zero attached hydrogens (tertiary/aromatic N) is 5. The summed E-state index contributed by atoms with van der Waals surface area (Å²) in [6.07, 6.45) is -1.64. The van der Waals surface area contributed by atoms with Crippen molar-refractivity contribution >= 4 is 17.1 Å². The monoisotopic (exact) mass is 344 g/mol. The first-order chi connectivity index (χ1) is 12.0. The minimum atomic E-state index is -4.65. The molecular formula is C16H11F3N6. The van der Waals surface area contributed by atoms with Crippen LogP contribution >= 0.6 is 0 Å². The van der Waals surface area contributed by atoms with Gasteiger partial charge in [0.05, 0.1) is 23.5 Å². The first kappa shape index (κ1) is 15.4. The molecule has 9 heteroatoms. The van der Waals surface area contributed by atoms with Crippen LogP contribution in [-0.2, 0) is 6.18 Å². The molecule has 4 rings (SSSR count). The van der Waals surface area contributed by atoms with Gasteiger partial charge < -0.3 is 5.32 Å². The lowest BCUT2D eigenvalue weighted by atomic mass is 10.2. The summed E-state index contributed by atoms with van der Waals surface area (Å²) in [5, 5.41) is 12.3. The first-order valence-corrected chi connectivity index (χ1v) is 7.55. The topological polar surface area (TPSA) is 79.4 Å². The number of halogens is 3. The Kier molecular flexibility index (Phi) is 3.35. The zero-order chi connectivity index (χ0) is 17.6. The van der Waals surface area contributed by atoms with Gasteiger partial charge >= 0.3 is 6.18 Å². The van der Waals surface area contributed by atoms with Crippen molar-refractivity contribution in [2.24, 2.45) is 0 Å². The predicted molar refractivity (Wildman–Crippen MR) is 83.0 cm³/mol. The minimum Gasteiger partial charge on any atom is -0.353 e. The average Bonchev–Trinajstić information content (AvgIpc) is 3.32. The third-order valence-corrected chi connectivity index (χ3v) is 3.80. The van der Waals surface area contributed by atoms with Crippen LogP contribution < -0.4 is 5.32 Å². The summed E-state index contributed by atoms with van der Waals surface area (Å²) in [5.74, 6) is -0.836. The van der Waals surface area contributed by atoms with Crippen LogP contribution in [0.3, 0.4) is 0 Å². The van der Waals surface area contributed by atoms with E-state index < -0.39 is 12.0 Å². The molecule has 0 saturated heterocycles. The van der Waals surface area contributed by atoms with Gasteiger partial charge in [-0.15, -0.1) is 0 Å². The summed E-state index contributed by atoms with van der Waals surface area (Å²) in [6, 6.07) is 8.80. The van der Waals surface area contributed by atoms with Crippen LogP contribution in [0.2, 0.25) is 0 Å². The molecule has 1 N–H and O–H groups in total. The molecule has 0 unspecified atom stereocenters. The largest absolute Gasteiger partial charge is 0.451 e. The van der Waals surface area contributed by atoms with Crippen LogP contribution in [0, 0.1) is 11.3 Å². The Balaban J connectivity index is 1.95. The molecular weight excluding hydrogens is 333 g/mol. The van der Waals surface area contributed by atoms with E-state index in [1.807, 2.05) is 6.07 Å². The molecule has 0 aliphatic heterocycles. The Morgan fingerprint density at radius 1 is 1.24 bits per heavy atom. The van der Waals surface area contributed by atoms with Crippen molar-refractivity contribution in [3.05, 3.63) is 41.9 Å². The first-order valence-electron chi connectivity index (χ1n) is 7.55. The van der Waals surface area contributed by atoms with Gasteiger partial charge in [0, 0.05) is 6.04 Å². The van der Waals surface area contributed by atoms with E-state index in [0.717, 1.165) is 19.0 Å². The molecule has 1 saturated carbocycles. The highest BCUT2D eigenvalue weighted by molar-refractivity contribution is 5.77. The lowest BCUT2D eigenvalue weighted by Crippen LogP contribution is -2.12. The Morgan fingerprint density at radius 3 is 2.72 bits per heavy atom. The summed E-state index contributed by atoms with van der Waals surface area (Å²) in [4.78, 5) is 11.4. The summed E-state index contributed by atoms with van der Waals surface area (Å²) >= 11 is 0. The second-order valence-electron chi connectivity index (χ2n) is 5.75. The maximum absolute atomic E-state index is 13.0. The molecule has 1 fully saturated rings. The van der Waals surface area contributed by atoms with Gasteiger partial charge in [-0.25, -0.2) is 15.0 Å². The lowest BCUT2D eigenvalue weighted by Gasteiger charge is -2.10. The van der Waals surface area contributed by atoms with Crippen molar-refractivity contribution in [2.45, 2.75) is 25.1 Å². The summed E-state index contributed by atoms with van der Waals surface area (Å²) in [7, 11) is 0. The second-order valence-corrected chi connectivity index (χ2v) is 5.75. The zero-order valence-corrected chi connectivity index (χ0v) is 12.7. The number of hydrogen-bond acceptors (Lipinski definition) is 5. The van der Waals surface area contributed by atoms with E-state index >= 15 is 0 Å². The molecule has 25 heavy (non-hydrogen) atoms. The fourth-order valence-electron chi connectivity index (χ4n) is 2.48. The van der Waals surface area contributed by atoms with Crippen molar-refractivity contribution in [2.75, 3.05) is 5.32 Å². The lowest BCUT2D eigenvalue weighted by molar-refractivity contribution is -0.144. The number of anilines is 1. The van der Waals surface area contributed by atoms with Crippen LogP contribution in [0.4, 0.5) is 19.1 Å². The van der Waals surface area contributed by atoms with E-state index in [2.05, 4.69) is 20.3 Å². The Morgan fingerprint density at radius 2 is 2.04 bits per heavy atom. The van der Waals surface area contributed by atoms with Gasteiger partial charge in [0.1, 0.15) is 5.52 Å². The standard InChI is InChI=1S/C16H11F3N6/c17-16(18,19)14-21-8-12-13(24-14)25(15(23-12)22-10-4-5-10)11-3-1-2-9(6-11)7-20/h1-3,6,8,10H,4-5H2,(H,22,23). The van der Waals surface area contributed by atoms with E-state index in [0.29, 0.717) is 17.2 Å². The van der Waals surface area contributed by atoms with Gasteiger partial charge in [-0.1, -0.05) is 6.07 Å². The van der Waals surface area contributed by atoms with Gasteiger partial charge in [-0.3, -0.25) is 4.57 Å². The third kappa shape index (κ3) is 2.87. The number of nitriles is 1. The van der Waals surface area contributed by atoms with Crippen LogP contribution in [0.15, 0.2) is 30.5 Å². The average molecular weight is 344 g/mol. The molecule has 126 valence electrons. The molecule has 0 amide bonds. The smallest absolute Gasteiger partial charge is 0.353 e. The SMILES string of the molecule is N#Cc1cccc(-n2c(NC3CC3)nc3cnc(C(F)(F)F)nc32)c1. The highest BCUT2D eigenvalue weighted by Crippen LogP contribution is 2.31. The Labute approximate surface area is 140 Å². The van der Waals surface area contributed by atoms with Crippen LogP contribution in [0.1, 0.15) is 24.2 Å². The van der Waals surface area contributed by atoms with Gasteiger partial charge in [0.25, 0.3) is 0 Å². The number of nitrogens with one attached hydrogen (secondary N) is 1. The fourth-order valence-corrected chi connectivity index (χ4v) is 2.48. The molecule has 0 radical (unpaired) electrons. The van der Waals surface area contributed by atoms with Gasteiger partial charge in [-0.2, -0.15) is 18.4 Å². The Hall–Kier alpha value is -3.15. The molecule has 2 heterocycles. The summed E-state index contributed by atoms with van der Waals surface area (Å²) < 4.78 is 40.4. The van der Waals surface area contributed by atoms with E-state index in [4.69, 9.17) is 5.26 Å². The summed E-state index contributed by atoms with van der Waals surface area (Å²) in [6.45, 7) is 0. The van der Waals surface area contributed by atoms with Crippen molar-refractivity contribution in [1.29, 1.82) is 5.26 Å². The van der Waals surface area contributed by atoms with Crippen molar-refractivity contribution in [3.8, 4) is 11.8 Å². The zero-order valence-electron chi connectivity index (χ0n) is 12.7. The van der Waals surface area contributed by atoms with Crippen LogP contribution in [0.25, 0.3) is 16.9 Å². The molecule has 2 aromatic heterocycles. The number of hydrogen-bond donors (Lipinski definition) is 1. The third-order valence-electron chi connectivity index (χ3n) is 3.80. The molecule has 1 aromatic carbocycles. The molecule has 0 bridgehead atoms. The Bertz CT molecular complexity index is 997. The predicted octanol–water partition coefficient (Wildman–Crippen LogP) is 3.28. The van der Waals surface area contributed by atoms with Crippen LogP contribution in [-0.4, -0.2) is 25.6 Å². The minimum absolute atomic E-state index is 0.0422. The number of imidazole rings is 1. The van der Waals surface area contributed by atoms with Gasteiger partial charge in [-0.05, 0) is 31.0 Å². The maximum Gasteiger partial charge on any atom is 0.451 e. The van der Waals surface area contributed by atoms with Crippen LogP contribution in [0.5, 0.6) is 0 Å². The van der Waals surface area contributed by atoms with Gasteiger partial charge in [0.2, 0.25) is 11.8 Å². The number of alkyl halides is 3. The highest BCUT2D eigenvalue weighted by Gasteiger charge is 2.35. The molecule has 1 aliphatic carbocycles. The van der Waals surface area contributed by atoms with E-state index in [9.17, 15) is 13.2 Å². The van der Waals surface area contributed by atoms with Crippen molar-refractivity contribution in [3.63, 3.8) is 0 Å².